The molecule has 6 rings (SSSR count). The van der Waals surface area contributed by atoms with Crippen molar-refractivity contribution in [3.05, 3.63) is 81.9 Å². The largest absolute Gasteiger partial charge is 0.507 e. The normalized spacial score (nSPS) is 19.0. The zero-order valence-corrected chi connectivity index (χ0v) is 27.3. The standard InChI is InChI=1S/C36H38N2O6S/c1-7-42-28-18-23(8-11-27(28)43-13-12-19(2)3)32-30(33(39)24-9-10-26-25(17-24)16-22(6)44-26)34(40)35(41)38(32)36-37-31-21(5)14-20(4)15-29(31)45-36/h8-11,14-15,17-19,22,32,39H,7,12-13,16H2,1-6H3/t22-,32+/m0/s1. The number of anilines is 1. The van der Waals surface area contributed by atoms with Crippen molar-refractivity contribution >= 4 is 44.1 Å². The third-order valence-corrected chi connectivity index (χ3v) is 9.18. The molecule has 2 aliphatic rings. The smallest absolute Gasteiger partial charge is 0.301 e. The van der Waals surface area contributed by atoms with Crippen molar-refractivity contribution in [2.45, 2.75) is 66.5 Å². The third kappa shape index (κ3) is 5.77. The van der Waals surface area contributed by atoms with E-state index in [1.165, 1.54) is 16.2 Å². The van der Waals surface area contributed by atoms with Crippen molar-refractivity contribution in [2.24, 2.45) is 5.92 Å². The van der Waals surface area contributed by atoms with Crippen LogP contribution >= 0.6 is 11.3 Å². The number of aliphatic hydroxyl groups is 1. The Hall–Kier alpha value is -4.37. The average molecular weight is 627 g/mol. The van der Waals surface area contributed by atoms with Gasteiger partial charge in [0.05, 0.1) is 35.0 Å². The summed E-state index contributed by atoms with van der Waals surface area (Å²) in [5.41, 5.74) is 4.82. The number of aryl methyl sites for hydroxylation is 2. The van der Waals surface area contributed by atoms with Crippen LogP contribution in [0.25, 0.3) is 16.0 Å². The van der Waals surface area contributed by atoms with Crippen LogP contribution in [0.1, 0.15) is 68.0 Å². The molecule has 1 amide bonds. The summed E-state index contributed by atoms with van der Waals surface area (Å²) in [6.07, 6.45) is 1.59. The molecule has 1 N–H and O–H groups in total. The van der Waals surface area contributed by atoms with Gasteiger partial charge < -0.3 is 19.3 Å². The first-order valence-corrected chi connectivity index (χ1v) is 16.3. The van der Waals surface area contributed by atoms with Crippen molar-refractivity contribution in [2.75, 3.05) is 18.1 Å². The molecule has 0 bridgehead atoms. The van der Waals surface area contributed by atoms with E-state index >= 15 is 0 Å². The molecule has 0 spiro atoms. The molecule has 234 valence electrons. The van der Waals surface area contributed by atoms with E-state index in [9.17, 15) is 14.7 Å². The fraction of sp³-hybridized carbons (Fsp3) is 0.361. The van der Waals surface area contributed by atoms with Crippen molar-refractivity contribution in [3.8, 4) is 17.2 Å². The highest BCUT2D eigenvalue weighted by Crippen LogP contribution is 2.46. The molecule has 3 aromatic carbocycles. The van der Waals surface area contributed by atoms with E-state index in [-0.39, 0.29) is 17.4 Å². The van der Waals surface area contributed by atoms with E-state index in [0.29, 0.717) is 53.3 Å². The monoisotopic (exact) mass is 626 g/mol. The van der Waals surface area contributed by atoms with Crippen LogP contribution in [0, 0.1) is 19.8 Å². The second-order valence-electron chi connectivity index (χ2n) is 12.2. The first-order chi connectivity index (χ1) is 21.5. The topological polar surface area (TPSA) is 98.2 Å². The van der Waals surface area contributed by atoms with Crippen LogP contribution in [0.2, 0.25) is 0 Å². The number of carbonyl (C=O) groups is 2. The van der Waals surface area contributed by atoms with Crippen LogP contribution in [0.15, 0.2) is 54.1 Å². The predicted octanol–water partition coefficient (Wildman–Crippen LogP) is 7.69. The van der Waals surface area contributed by atoms with E-state index in [1.807, 2.05) is 52.0 Å². The van der Waals surface area contributed by atoms with Gasteiger partial charge in [-0.05, 0) is 98.7 Å². The molecule has 9 heteroatoms. The van der Waals surface area contributed by atoms with Gasteiger partial charge in [-0.25, -0.2) is 4.98 Å². The lowest BCUT2D eigenvalue weighted by molar-refractivity contribution is -0.132. The molecule has 1 aromatic heterocycles. The van der Waals surface area contributed by atoms with E-state index in [1.54, 1.807) is 24.3 Å². The Kier molecular flexibility index (Phi) is 8.31. The van der Waals surface area contributed by atoms with Gasteiger partial charge in [0.25, 0.3) is 5.78 Å². The van der Waals surface area contributed by atoms with Crippen molar-refractivity contribution in [1.29, 1.82) is 0 Å². The minimum Gasteiger partial charge on any atom is -0.507 e. The lowest BCUT2D eigenvalue weighted by Crippen LogP contribution is -2.29. The van der Waals surface area contributed by atoms with Gasteiger partial charge in [0.15, 0.2) is 16.6 Å². The van der Waals surface area contributed by atoms with Gasteiger partial charge in [-0.3, -0.25) is 14.5 Å². The van der Waals surface area contributed by atoms with Crippen molar-refractivity contribution in [1.82, 2.24) is 4.98 Å². The number of fused-ring (bicyclic) bond motifs is 2. The number of aliphatic hydroxyl groups excluding tert-OH is 1. The van der Waals surface area contributed by atoms with Gasteiger partial charge in [0.1, 0.15) is 17.6 Å². The average Bonchev–Trinajstić information content (AvgIpc) is 3.65. The lowest BCUT2D eigenvalue weighted by Gasteiger charge is -2.24. The Morgan fingerprint density at radius 3 is 2.64 bits per heavy atom. The number of hydrogen-bond acceptors (Lipinski definition) is 8. The molecule has 2 atom stereocenters. The number of amides is 1. The van der Waals surface area contributed by atoms with Gasteiger partial charge in [-0.15, -0.1) is 0 Å². The van der Waals surface area contributed by atoms with Gasteiger partial charge in [0.2, 0.25) is 0 Å². The Morgan fingerprint density at radius 1 is 1.09 bits per heavy atom. The maximum Gasteiger partial charge on any atom is 0.301 e. The van der Waals surface area contributed by atoms with Gasteiger partial charge in [-0.2, -0.15) is 0 Å². The molecule has 45 heavy (non-hydrogen) atoms. The summed E-state index contributed by atoms with van der Waals surface area (Å²) in [5, 5.41) is 12.2. The van der Waals surface area contributed by atoms with Crippen LogP contribution in [0.3, 0.4) is 0 Å². The molecular weight excluding hydrogens is 588 g/mol. The highest BCUT2D eigenvalue weighted by atomic mass is 32.1. The van der Waals surface area contributed by atoms with E-state index in [4.69, 9.17) is 19.2 Å². The molecule has 2 aliphatic heterocycles. The highest BCUT2D eigenvalue weighted by Gasteiger charge is 2.48. The summed E-state index contributed by atoms with van der Waals surface area (Å²) in [6, 6.07) is 13.9. The van der Waals surface area contributed by atoms with Gasteiger partial charge >= 0.3 is 5.91 Å². The molecule has 8 nitrogen and oxygen atoms in total. The van der Waals surface area contributed by atoms with Crippen molar-refractivity contribution < 1.29 is 28.9 Å². The SMILES string of the molecule is CCOc1cc([C@@H]2C(=C(O)c3ccc4c(c3)C[C@H](C)O4)C(=O)C(=O)N2c2nc3c(C)cc(C)cc3s2)ccc1OCCC(C)C. The van der Waals surface area contributed by atoms with Gasteiger partial charge in [0, 0.05) is 12.0 Å². The Balaban J connectivity index is 1.51. The first kappa shape index (κ1) is 30.6. The lowest BCUT2D eigenvalue weighted by atomic mass is 9.94. The van der Waals surface area contributed by atoms with Crippen LogP contribution in [-0.4, -0.2) is 41.1 Å². The zero-order chi connectivity index (χ0) is 32.0. The third-order valence-electron chi connectivity index (χ3n) is 8.17. The number of carbonyl (C=O) groups excluding carboxylic acids is 2. The number of nitrogens with zero attached hydrogens (tertiary/aromatic N) is 2. The molecule has 3 heterocycles. The van der Waals surface area contributed by atoms with Gasteiger partial charge in [-0.1, -0.05) is 37.3 Å². The quantitative estimate of drug-likeness (QED) is 0.116. The number of thiazole rings is 1. The van der Waals surface area contributed by atoms with E-state index < -0.39 is 17.7 Å². The summed E-state index contributed by atoms with van der Waals surface area (Å²) < 4.78 is 18.8. The molecule has 1 fully saturated rings. The fourth-order valence-electron chi connectivity index (χ4n) is 6.02. The number of benzene rings is 3. The Bertz CT molecular complexity index is 1840. The summed E-state index contributed by atoms with van der Waals surface area (Å²) in [7, 11) is 0. The van der Waals surface area contributed by atoms with Crippen molar-refractivity contribution in [3.63, 3.8) is 0 Å². The molecule has 0 aliphatic carbocycles. The molecular formula is C36H38N2O6S. The number of ketones is 1. The summed E-state index contributed by atoms with van der Waals surface area (Å²) in [4.78, 5) is 34.0. The number of aromatic nitrogens is 1. The summed E-state index contributed by atoms with van der Waals surface area (Å²) >= 11 is 1.35. The first-order valence-electron chi connectivity index (χ1n) is 15.4. The maximum atomic E-state index is 13.9. The van der Waals surface area contributed by atoms with E-state index in [0.717, 1.165) is 39.1 Å². The number of ether oxygens (including phenoxy) is 3. The molecule has 0 unspecified atom stereocenters. The molecule has 1 saturated heterocycles. The second-order valence-corrected chi connectivity index (χ2v) is 13.2. The molecule has 0 saturated carbocycles. The Labute approximate surface area is 267 Å². The minimum atomic E-state index is -0.945. The Morgan fingerprint density at radius 2 is 1.89 bits per heavy atom. The molecule has 4 aromatic rings. The van der Waals surface area contributed by atoms with Crippen LogP contribution < -0.4 is 19.1 Å². The number of Topliss-reactive ketones (excluding diaryl/α,β-unsaturated/α-hetero) is 1. The van der Waals surface area contributed by atoms with E-state index in [2.05, 4.69) is 13.8 Å². The maximum absolute atomic E-state index is 13.9. The summed E-state index contributed by atoms with van der Waals surface area (Å²) in [5.74, 6) is 0.557. The predicted molar refractivity (Wildman–Crippen MR) is 177 cm³/mol. The number of rotatable bonds is 9. The van der Waals surface area contributed by atoms with Crippen LogP contribution in [-0.2, 0) is 16.0 Å². The minimum absolute atomic E-state index is 0.00463. The fourth-order valence-corrected chi connectivity index (χ4v) is 7.19. The highest BCUT2D eigenvalue weighted by molar-refractivity contribution is 7.22. The number of hydrogen-bond donors (Lipinski definition) is 1. The van der Waals surface area contributed by atoms with Crippen LogP contribution in [0.4, 0.5) is 5.13 Å². The summed E-state index contributed by atoms with van der Waals surface area (Å²) in [6.45, 7) is 13.1. The van der Waals surface area contributed by atoms with Crippen LogP contribution in [0.5, 0.6) is 17.2 Å². The zero-order valence-electron chi connectivity index (χ0n) is 26.5. The second kappa shape index (κ2) is 12.2. The molecule has 0 radical (unpaired) electrons.